The lowest BCUT2D eigenvalue weighted by atomic mass is 10.3. The van der Waals surface area contributed by atoms with Crippen LogP contribution in [-0.4, -0.2) is 34.4 Å². The minimum atomic E-state index is -4.20. The number of hydrogen-bond donors (Lipinski definition) is 0. The molecule has 0 amide bonds. The van der Waals surface area contributed by atoms with E-state index in [2.05, 4.69) is 15.9 Å². The van der Waals surface area contributed by atoms with E-state index in [1.807, 2.05) is 0 Å². The van der Waals surface area contributed by atoms with Crippen molar-refractivity contribution in [3.05, 3.63) is 22.4 Å². The molecule has 0 saturated carbocycles. The second-order valence-corrected chi connectivity index (χ2v) is 9.91. The molecule has 112 valence electrons. The summed E-state index contributed by atoms with van der Waals surface area (Å²) < 4.78 is 64.1. The number of hydrogen-bond acceptors (Lipinski definition) is 5. The van der Waals surface area contributed by atoms with Gasteiger partial charge in [0.05, 0.1) is 16.0 Å². The van der Waals surface area contributed by atoms with Crippen LogP contribution in [0.1, 0.15) is 6.42 Å². The molecule has 1 fully saturated rings. The summed E-state index contributed by atoms with van der Waals surface area (Å²) in [4.78, 5) is -0.669. The molecule has 0 bridgehead atoms. The van der Waals surface area contributed by atoms with E-state index in [9.17, 15) is 21.2 Å². The van der Waals surface area contributed by atoms with E-state index in [4.69, 9.17) is 15.4 Å². The molecule has 0 spiro atoms. The van der Waals surface area contributed by atoms with Crippen LogP contribution < -0.4 is 4.74 Å². The fraction of sp³-hybridized carbons (Fsp3) is 0.400. The van der Waals surface area contributed by atoms with Crippen molar-refractivity contribution in [3.8, 4) is 5.75 Å². The van der Waals surface area contributed by atoms with Crippen molar-refractivity contribution in [3.63, 3.8) is 0 Å². The first-order chi connectivity index (χ1) is 9.08. The minimum absolute atomic E-state index is 0.0198. The van der Waals surface area contributed by atoms with Gasteiger partial charge in [0.1, 0.15) is 22.6 Å². The van der Waals surface area contributed by atoms with Crippen molar-refractivity contribution in [2.45, 2.75) is 17.4 Å². The quantitative estimate of drug-likeness (QED) is 0.717. The summed E-state index contributed by atoms with van der Waals surface area (Å²) in [6.07, 6.45) is -0.263. The molecular formula is C10H9BrClFO5S2. The summed E-state index contributed by atoms with van der Waals surface area (Å²) in [6.45, 7) is 0. The van der Waals surface area contributed by atoms with Crippen LogP contribution in [0.3, 0.4) is 0 Å². The maximum Gasteiger partial charge on any atom is 0.264 e. The zero-order valence-corrected chi connectivity index (χ0v) is 13.8. The first-order valence-corrected chi connectivity index (χ1v) is 10.3. The first kappa shape index (κ1) is 16.0. The first-order valence-electron chi connectivity index (χ1n) is 5.39. The Morgan fingerprint density at radius 3 is 2.55 bits per heavy atom. The number of ether oxygens (including phenoxy) is 1. The van der Waals surface area contributed by atoms with Crippen LogP contribution in [0.4, 0.5) is 4.39 Å². The Bertz CT molecular complexity index is 747. The second-order valence-electron chi connectivity index (χ2n) is 4.29. The fourth-order valence-electron chi connectivity index (χ4n) is 1.82. The summed E-state index contributed by atoms with van der Waals surface area (Å²) in [5.74, 6) is -1.14. The Labute approximate surface area is 128 Å². The van der Waals surface area contributed by atoms with Crippen molar-refractivity contribution >= 4 is 45.5 Å². The van der Waals surface area contributed by atoms with Crippen molar-refractivity contribution in [1.29, 1.82) is 0 Å². The predicted molar refractivity (Wildman–Crippen MR) is 74.8 cm³/mol. The lowest BCUT2D eigenvalue weighted by Gasteiger charge is -2.14. The molecule has 0 radical (unpaired) electrons. The van der Waals surface area contributed by atoms with E-state index in [1.165, 1.54) is 0 Å². The third-order valence-electron chi connectivity index (χ3n) is 2.73. The van der Waals surface area contributed by atoms with Gasteiger partial charge in [0.2, 0.25) is 0 Å². The van der Waals surface area contributed by atoms with Crippen LogP contribution in [0.2, 0.25) is 0 Å². The Balaban J connectivity index is 2.29. The van der Waals surface area contributed by atoms with E-state index in [-0.39, 0.29) is 21.7 Å². The average molecular weight is 408 g/mol. The van der Waals surface area contributed by atoms with Gasteiger partial charge < -0.3 is 4.74 Å². The number of halogens is 3. The van der Waals surface area contributed by atoms with Gasteiger partial charge in [-0.2, -0.15) is 0 Å². The van der Waals surface area contributed by atoms with Crippen LogP contribution in [0.5, 0.6) is 5.75 Å². The van der Waals surface area contributed by atoms with Crippen LogP contribution >= 0.6 is 26.6 Å². The van der Waals surface area contributed by atoms with Gasteiger partial charge in [0.15, 0.2) is 9.84 Å². The highest BCUT2D eigenvalue weighted by Crippen LogP contribution is 2.33. The van der Waals surface area contributed by atoms with Gasteiger partial charge in [-0.15, -0.1) is 0 Å². The normalized spacial score (nSPS) is 21.9. The number of sulfone groups is 1. The SMILES string of the molecule is O=S1(=O)CCC(Oc2cc(F)c(S(=O)(=O)Cl)cc2Br)C1. The molecule has 1 heterocycles. The highest BCUT2D eigenvalue weighted by Gasteiger charge is 2.30. The van der Waals surface area contributed by atoms with Crippen molar-refractivity contribution in [1.82, 2.24) is 0 Å². The molecular weight excluding hydrogens is 399 g/mol. The topological polar surface area (TPSA) is 77.5 Å². The van der Waals surface area contributed by atoms with Crippen LogP contribution in [0.25, 0.3) is 0 Å². The van der Waals surface area contributed by atoms with Gasteiger partial charge in [0.25, 0.3) is 9.05 Å². The summed E-state index contributed by atoms with van der Waals surface area (Å²) in [6, 6.07) is 1.85. The van der Waals surface area contributed by atoms with Gasteiger partial charge in [-0.1, -0.05) is 0 Å². The molecule has 0 aliphatic carbocycles. The van der Waals surface area contributed by atoms with Gasteiger partial charge in [0, 0.05) is 16.7 Å². The summed E-state index contributed by atoms with van der Waals surface area (Å²) in [5.41, 5.74) is 0. The molecule has 1 saturated heterocycles. The van der Waals surface area contributed by atoms with Crippen molar-refractivity contribution < 1.29 is 26.0 Å². The van der Waals surface area contributed by atoms with E-state index in [0.717, 1.165) is 12.1 Å². The second kappa shape index (κ2) is 5.43. The smallest absolute Gasteiger partial charge is 0.264 e. The molecule has 1 aliphatic rings. The minimum Gasteiger partial charge on any atom is -0.488 e. The number of rotatable bonds is 3. The molecule has 1 aliphatic heterocycles. The molecule has 2 rings (SSSR count). The van der Waals surface area contributed by atoms with Crippen LogP contribution in [-0.2, 0) is 18.9 Å². The molecule has 1 unspecified atom stereocenters. The van der Waals surface area contributed by atoms with E-state index >= 15 is 0 Å². The summed E-state index contributed by atoms with van der Waals surface area (Å²) in [5, 5.41) is 0. The van der Waals surface area contributed by atoms with Crippen molar-refractivity contribution in [2.75, 3.05) is 11.5 Å². The summed E-state index contributed by atoms with van der Waals surface area (Å²) >= 11 is 3.05. The van der Waals surface area contributed by atoms with Crippen LogP contribution in [0, 0.1) is 5.82 Å². The van der Waals surface area contributed by atoms with E-state index in [1.54, 1.807) is 0 Å². The number of benzene rings is 1. The lowest BCUT2D eigenvalue weighted by molar-refractivity contribution is 0.226. The fourth-order valence-corrected chi connectivity index (χ4v) is 4.90. The van der Waals surface area contributed by atoms with Gasteiger partial charge in [-0.05, 0) is 28.4 Å². The highest BCUT2D eigenvalue weighted by molar-refractivity contribution is 9.10. The zero-order valence-electron chi connectivity index (χ0n) is 9.85. The lowest BCUT2D eigenvalue weighted by Crippen LogP contribution is -2.18. The van der Waals surface area contributed by atoms with Crippen molar-refractivity contribution in [2.24, 2.45) is 0 Å². The third-order valence-corrected chi connectivity index (χ3v) is 6.43. The summed E-state index contributed by atoms with van der Waals surface area (Å²) in [7, 11) is -2.24. The molecule has 0 aromatic heterocycles. The Morgan fingerprint density at radius 1 is 1.40 bits per heavy atom. The van der Waals surface area contributed by atoms with Gasteiger partial charge in [-0.25, -0.2) is 21.2 Å². The predicted octanol–water partition coefficient (Wildman–Crippen LogP) is 2.08. The molecule has 1 aromatic carbocycles. The Morgan fingerprint density at radius 2 is 2.05 bits per heavy atom. The van der Waals surface area contributed by atoms with Gasteiger partial charge in [-0.3, -0.25) is 0 Å². The average Bonchev–Trinajstić information content (AvgIpc) is 2.61. The van der Waals surface area contributed by atoms with Gasteiger partial charge >= 0.3 is 0 Å². The molecule has 5 nitrogen and oxygen atoms in total. The Hall–Kier alpha value is -0.380. The molecule has 1 atom stereocenters. The maximum atomic E-state index is 13.7. The molecule has 20 heavy (non-hydrogen) atoms. The third kappa shape index (κ3) is 3.63. The van der Waals surface area contributed by atoms with Crippen LogP contribution in [0.15, 0.2) is 21.5 Å². The Kier molecular flexibility index (Phi) is 4.35. The monoisotopic (exact) mass is 406 g/mol. The largest absolute Gasteiger partial charge is 0.488 e. The van der Waals surface area contributed by atoms with E-state index < -0.39 is 35.7 Å². The zero-order chi connectivity index (χ0) is 15.1. The standard InChI is InChI=1S/C10H9BrClFO5S2/c11-7-3-10(20(12,16)17)8(13)4-9(7)18-6-1-2-19(14,15)5-6/h3-4,6H,1-2,5H2. The van der Waals surface area contributed by atoms with E-state index in [0.29, 0.717) is 6.42 Å². The maximum absolute atomic E-state index is 13.7. The molecule has 0 N–H and O–H groups in total. The molecule has 1 aromatic rings. The molecule has 10 heteroatoms. The highest BCUT2D eigenvalue weighted by atomic mass is 79.9.